The largest absolute Gasteiger partial charge is 0.399 e. The highest BCUT2D eigenvalue weighted by molar-refractivity contribution is 5.90. The molecule has 0 atom stereocenters. The van der Waals surface area contributed by atoms with Crippen LogP contribution in [0.1, 0.15) is 17.5 Å². The van der Waals surface area contributed by atoms with Gasteiger partial charge in [-0.15, -0.1) is 0 Å². The molecule has 110 valence electrons. The molecule has 0 spiro atoms. The second-order valence-electron chi connectivity index (χ2n) is 4.80. The molecule has 2 aromatic carbocycles. The molecular formula is C16H18FN3O. The molecule has 0 saturated heterocycles. The molecule has 0 fully saturated rings. The molecule has 1 amide bonds. The van der Waals surface area contributed by atoms with Crippen LogP contribution in [-0.4, -0.2) is 5.91 Å². The van der Waals surface area contributed by atoms with Crippen molar-refractivity contribution in [2.45, 2.75) is 19.4 Å². The smallest absolute Gasteiger partial charge is 0.224 e. The summed E-state index contributed by atoms with van der Waals surface area (Å²) < 4.78 is 13.6. The highest BCUT2D eigenvalue weighted by Crippen LogP contribution is 2.15. The predicted octanol–water partition coefficient (Wildman–Crippen LogP) is 2.44. The molecular weight excluding hydrogens is 269 g/mol. The Morgan fingerprint density at radius 2 is 2.00 bits per heavy atom. The van der Waals surface area contributed by atoms with E-state index in [9.17, 15) is 9.18 Å². The maximum absolute atomic E-state index is 13.6. The maximum atomic E-state index is 13.6. The molecule has 0 aliphatic carbocycles. The second kappa shape index (κ2) is 6.85. The van der Waals surface area contributed by atoms with Crippen LogP contribution in [0, 0.1) is 5.82 Å². The number of nitrogens with two attached hydrogens (primary N) is 2. The number of aryl methyl sites for hydroxylation is 1. The van der Waals surface area contributed by atoms with Crippen molar-refractivity contribution in [1.29, 1.82) is 0 Å². The molecule has 0 unspecified atom stereocenters. The van der Waals surface area contributed by atoms with E-state index < -0.39 is 5.82 Å². The first-order valence-electron chi connectivity index (χ1n) is 6.71. The van der Waals surface area contributed by atoms with Gasteiger partial charge in [0, 0.05) is 29.9 Å². The number of rotatable bonds is 5. The molecule has 2 aromatic rings. The summed E-state index contributed by atoms with van der Waals surface area (Å²) in [7, 11) is 0. The van der Waals surface area contributed by atoms with E-state index in [4.69, 9.17) is 11.5 Å². The molecule has 0 aliphatic heterocycles. The van der Waals surface area contributed by atoms with Gasteiger partial charge in [-0.3, -0.25) is 4.79 Å². The molecule has 5 heteroatoms. The number of amides is 1. The van der Waals surface area contributed by atoms with Crippen molar-refractivity contribution >= 4 is 17.3 Å². The molecule has 0 aromatic heterocycles. The molecule has 0 aliphatic rings. The molecule has 0 radical (unpaired) electrons. The third-order valence-corrected chi connectivity index (χ3v) is 3.15. The normalized spacial score (nSPS) is 10.4. The van der Waals surface area contributed by atoms with E-state index in [1.807, 2.05) is 18.2 Å². The van der Waals surface area contributed by atoms with Gasteiger partial charge in [-0.1, -0.05) is 18.2 Å². The van der Waals surface area contributed by atoms with E-state index in [1.165, 1.54) is 6.07 Å². The lowest BCUT2D eigenvalue weighted by atomic mass is 10.1. The summed E-state index contributed by atoms with van der Waals surface area (Å²) in [6.07, 6.45) is 0.893. The Kier molecular flexibility index (Phi) is 4.90. The summed E-state index contributed by atoms with van der Waals surface area (Å²) in [4.78, 5) is 11.8. The fraction of sp³-hybridized carbons (Fsp3) is 0.188. The van der Waals surface area contributed by atoms with Crippen LogP contribution in [0.25, 0.3) is 0 Å². The Bertz CT molecular complexity index is 643. The number of anilines is 2. The van der Waals surface area contributed by atoms with Crippen LogP contribution in [0.4, 0.5) is 15.8 Å². The maximum Gasteiger partial charge on any atom is 0.224 e. The van der Waals surface area contributed by atoms with Crippen molar-refractivity contribution in [2.24, 2.45) is 5.73 Å². The highest BCUT2D eigenvalue weighted by atomic mass is 19.1. The van der Waals surface area contributed by atoms with Crippen LogP contribution >= 0.6 is 0 Å². The van der Waals surface area contributed by atoms with Gasteiger partial charge in [-0.05, 0) is 36.2 Å². The summed E-state index contributed by atoms with van der Waals surface area (Å²) in [6, 6.07) is 11.9. The average Bonchev–Trinajstić information content (AvgIpc) is 2.45. The zero-order chi connectivity index (χ0) is 15.2. The number of nitrogen functional groups attached to an aromatic ring is 1. The van der Waals surface area contributed by atoms with Gasteiger partial charge in [-0.2, -0.15) is 0 Å². The average molecular weight is 287 g/mol. The minimum Gasteiger partial charge on any atom is -0.399 e. The van der Waals surface area contributed by atoms with E-state index in [2.05, 4.69) is 5.32 Å². The lowest BCUT2D eigenvalue weighted by Gasteiger charge is -2.07. The summed E-state index contributed by atoms with van der Waals surface area (Å²) in [5.74, 6) is -0.580. The van der Waals surface area contributed by atoms with Gasteiger partial charge in [-0.25, -0.2) is 4.39 Å². The third kappa shape index (κ3) is 4.29. The van der Waals surface area contributed by atoms with Crippen molar-refractivity contribution in [1.82, 2.24) is 0 Å². The summed E-state index contributed by atoms with van der Waals surface area (Å²) >= 11 is 0. The third-order valence-electron chi connectivity index (χ3n) is 3.15. The van der Waals surface area contributed by atoms with E-state index in [-0.39, 0.29) is 12.5 Å². The van der Waals surface area contributed by atoms with Crippen molar-refractivity contribution in [2.75, 3.05) is 11.1 Å². The Morgan fingerprint density at radius 1 is 1.19 bits per heavy atom. The number of halogens is 1. The lowest BCUT2D eigenvalue weighted by molar-refractivity contribution is -0.116. The van der Waals surface area contributed by atoms with E-state index in [0.717, 1.165) is 5.56 Å². The highest BCUT2D eigenvalue weighted by Gasteiger charge is 2.06. The van der Waals surface area contributed by atoms with Crippen molar-refractivity contribution in [3.05, 3.63) is 59.4 Å². The van der Waals surface area contributed by atoms with Gasteiger partial charge in [0.25, 0.3) is 0 Å². The summed E-state index contributed by atoms with van der Waals surface area (Å²) in [6.45, 7) is 0.134. The molecule has 0 heterocycles. The van der Waals surface area contributed by atoms with Gasteiger partial charge in [0.1, 0.15) is 5.82 Å². The van der Waals surface area contributed by atoms with Gasteiger partial charge < -0.3 is 16.8 Å². The number of benzene rings is 2. The quantitative estimate of drug-likeness (QED) is 0.739. The number of nitrogens with one attached hydrogen (secondary N) is 1. The summed E-state index contributed by atoms with van der Waals surface area (Å²) in [5, 5.41) is 2.67. The fourth-order valence-corrected chi connectivity index (χ4v) is 2.02. The van der Waals surface area contributed by atoms with Gasteiger partial charge in [0.05, 0.1) is 0 Å². The van der Waals surface area contributed by atoms with Gasteiger partial charge in [0.15, 0.2) is 0 Å². The molecule has 21 heavy (non-hydrogen) atoms. The van der Waals surface area contributed by atoms with Gasteiger partial charge in [0.2, 0.25) is 5.91 Å². The van der Waals surface area contributed by atoms with Crippen molar-refractivity contribution in [3.63, 3.8) is 0 Å². The second-order valence-corrected chi connectivity index (χ2v) is 4.80. The SMILES string of the molecule is NCc1ccc(NC(=O)CCc2cccc(N)c2)cc1F. The molecule has 2 rings (SSSR count). The minimum atomic E-state index is -0.411. The van der Waals surface area contributed by atoms with E-state index in [0.29, 0.717) is 29.8 Å². The molecule has 0 bridgehead atoms. The summed E-state index contributed by atoms with van der Waals surface area (Å²) in [5.41, 5.74) is 13.6. The van der Waals surface area contributed by atoms with Crippen molar-refractivity contribution in [3.8, 4) is 0 Å². The number of hydrogen-bond acceptors (Lipinski definition) is 3. The Labute approximate surface area is 123 Å². The first kappa shape index (κ1) is 15.0. The lowest BCUT2D eigenvalue weighted by Crippen LogP contribution is -2.13. The van der Waals surface area contributed by atoms with Crippen LogP contribution in [0.2, 0.25) is 0 Å². The van der Waals surface area contributed by atoms with E-state index in [1.54, 1.807) is 18.2 Å². The fourth-order valence-electron chi connectivity index (χ4n) is 2.02. The molecule has 4 nitrogen and oxygen atoms in total. The van der Waals surface area contributed by atoms with Crippen LogP contribution < -0.4 is 16.8 Å². The van der Waals surface area contributed by atoms with Gasteiger partial charge >= 0.3 is 0 Å². The van der Waals surface area contributed by atoms with Crippen LogP contribution in [0.3, 0.4) is 0 Å². The minimum absolute atomic E-state index is 0.134. The molecule has 5 N–H and O–H groups in total. The monoisotopic (exact) mass is 287 g/mol. The standard InChI is InChI=1S/C16H18FN3O/c17-15-9-14(6-5-12(15)10-18)20-16(21)7-4-11-2-1-3-13(19)8-11/h1-3,5-6,8-9H,4,7,10,18-19H2,(H,20,21). The predicted molar refractivity (Wildman–Crippen MR) is 82.1 cm³/mol. The first-order valence-corrected chi connectivity index (χ1v) is 6.71. The van der Waals surface area contributed by atoms with Crippen LogP contribution in [0.15, 0.2) is 42.5 Å². The number of carbonyl (C=O) groups excluding carboxylic acids is 1. The zero-order valence-electron chi connectivity index (χ0n) is 11.6. The zero-order valence-corrected chi connectivity index (χ0v) is 11.6. The number of hydrogen-bond donors (Lipinski definition) is 3. The number of carbonyl (C=O) groups is 1. The van der Waals surface area contributed by atoms with E-state index >= 15 is 0 Å². The van der Waals surface area contributed by atoms with Crippen molar-refractivity contribution < 1.29 is 9.18 Å². The topological polar surface area (TPSA) is 81.1 Å². The Balaban J connectivity index is 1.91. The molecule has 0 saturated carbocycles. The first-order chi connectivity index (χ1) is 10.1. The van der Waals surface area contributed by atoms with Crippen LogP contribution in [-0.2, 0) is 17.8 Å². The van der Waals surface area contributed by atoms with Crippen LogP contribution in [0.5, 0.6) is 0 Å². The Hall–Kier alpha value is -2.40. The Morgan fingerprint density at radius 3 is 2.67 bits per heavy atom.